The quantitative estimate of drug-likeness (QED) is 0.481. The van der Waals surface area contributed by atoms with Gasteiger partial charge in [-0.25, -0.2) is 22.2 Å². The third kappa shape index (κ3) is 4.79. The zero-order valence-corrected chi connectivity index (χ0v) is 20.0. The maximum atomic E-state index is 15.1. The largest absolute Gasteiger partial charge is 0.370 e. The van der Waals surface area contributed by atoms with Crippen molar-refractivity contribution >= 4 is 33.1 Å². The fraction of sp³-hybridized carbons (Fsp3) is 0.500. The highest BCUT2D eigenvalue weighted by Crippen LogP contribution is 2.46. The average Bonchev–Trinajstić information content (AvgIpc) is 3.13. The van der Waals surface area contributed by atoms with Gasteiger partial charge in [-0.2, -0.15) is 4.39 Å². The van der Waals surface area contributed by atoms with Crippen LogP contribution >= 0.6 is 11.6 Å². The predicted molar refractivity (Wildman–Crippen MR) is 122 cm³/mol. The first-order valence-electron chi connectivity index (χ1n) is 10.8. The number of piperidine rings is 1. The van der Waals surface area contributed by atoms with Crippen LogP contribution in [-0.2, 0) is 10.0 Å². The summed E-state index contributed by atoms with van der Waals surface area (Å²) in [5.74, 6) is -3.50. The van der Waals surface area contributed by atoms with Crippen molar-refractivity contribution in [2.24, 2.45) is 11.3 Å². The molecule has 33 heavy (non-hydrogen) atoms. The van der Waals surface area contributed by atoms with Gasteiger partial charge in [0.25, 0.3) is 10.0 Å². The monoisotopic (exact) mass is 502 g/mol. The number of sulfonamides is 1. The van der Waals surface area contributed by atoms with E-state index in [9.17, 15) is 17.2 Å². The molecule has 0 radical (unpaired) electrons. The summed E-state index contributed by atoms with van der Waals surface area (Å²) in [4.78, 5) is 6.26. The number of halogens is 4. The zero-order chi connectivity index (χ0) is 24.0. The lowest BCUT2D eigenvalue weighted by Gasteiger charge is -2.39. The standard InChI is InChI=1S/C22H26ClF3N4O2S/c1-22(14-6-9-29(2)10-7-14)8-11-30(13-22)16-12-15(24)21(20(26)19(16)23)33(31,32)28-18-5-3-4-17(25)27-18/h3-5,12,14H,6-11,13H2,1-2H3,(H,27,28). The molecule has 0 aliphatic carbocycles. The molecule has 2 aromatic rings. The Kier molecular flexibility index (Phi) is 6.54. The number of hydrogen-bond acceptors (Lipinski definition) is 5. The van der Waals surface area contributed by atoms with Crippen LogP contribution in [0.2, 0.25) is 5.02 Å². The molecule has 3 heterocycles. The van der Waals surface area contributed by atoms with Gasteiger partial charge in [-0.3, -0.25) is 4.72 Å². The number of aromatic nitrogens is 1. The van der Waals surface area contributed by atoms with E-state index in [2.05, 4.69) is 23.9 Å². The maximum absolute atomic E-state index is 15.1. The second-order valence-electron chi connectivity index (χ2n) is 9.19. The molecule has 2 fully saturated rings. The van der Waals surface area contributed by atoms with Crippen LogP contribution < -0.4 is 9.62 Å². The number of benzene rings is 1. The third-order valence-corrected chi connectivity index (χ3v) is 8.62. The van der Waals surface area contributed by atoms with Crippen LogP contribution in [0.3, 0.4) is 0 Å². The lowest BCUT2D eigenvalue weighted by Crippen LogP contribution is -2.39. The predicted octanol–water partition coefficient (Wildman–Crippen LogP) is 4.51. The van der Waals surface area contributed by atoms with E-state index in [1.165, 1.54) is 12.1 Å². The molecule has 1 N–H and O–H groups in total. The molecule has 1 unspecified atom stereocenters. The molecule has 2 aliphatic rings. The molecular weight excluding hydrogens is 477 g/mol. The highest BCUT2D eigenvalue weighted by atomic mass is 35.5. The number of pyridine rings is 1. The Hall–Kier alpha value is -2.04. The Labute approximate surface area is 196 Å². The lowest BCUT2D eigenvalue weighted by molar-refractivity contribution is 0.117. The number of anilines is 2. The van der Waals surface area contributed by atoms with Gasteiger partial charge in [-0.05, 0) is 62.9 Å². The molecule has 6 nitrogen and oxygen atoms in total. The van der Waals surface area contributed by atoms with Gasteiger partial charge in [0.15, 0.2) is 10.7 Å². The smallest absolute Gasteiger partial charge is 0.268 e. The summed E-state index contributed by atoms with van der Waals surface area (Å²) in [5.41, 5.74) is 0.110. The maximum Gasteiger partial charge on any atom is 0.268 e. The highest BCUT2D eigenvalue weighted by Gasteiger charge is 2.42. The fourth-order valence-electron chi connectivity index (χ4n) is 4.92. The Morgan fingerprint density at radius 3 is 2.55 bits per heavy atom. The summed E-state index contributed by atoms with van der Waals surface area (Å²) in [5, 5.41) is -0.461. The van der Waals surface area contributed by atoms with Gasteiger partial charge < -0.3 is 9.80 Å². The summed E-state index contributed by atoms with van der Waals surface area (Å²) in [7, 11) is -2.64. The van der Waals surface area contributed by atoms with Gasteiger partial charge in [0, 0.05) is 19.2 Å². The van der Waals surface area contributed by atoms with E-state index in [0.717, 1.165) is 44.5 Å². The van der Waals surface area contributed by atoms with Crippen molar-refractivity contribution in [3.05, 3.63) is 46.9 Å². The topological polar surface area (TPSA) is 65.5 Å². The zero-order valence-electron chi connectivity index (χ0n) is 18.4. The summed E-state index contributed by atoms with van der Waals surface area (Å²) in [6.45, 7) is 5.38. The van der Waals surface area contributed by atoms with Gasteiger partial charge in [0.1, 0.15) is 16.7 Å². The number of nitrogens with one attached hydrogen (secondary N) is 1. The van der Waals surface area contributed by atoms with Crippen molar-refractivity contribution in [1.82, 2.24) is 9.88 Å². The van der Waals surface area contributed by atoms with Crippen LogP contribution in [0.5, 0.6) is 0 Å². The number of hydrogen-bond donors (Lipinski definition) is 1. The summed E-state index contributed by atoms with van der Waals surface area (Å²) in [6, 6.07) is 4.36. The number of rotatable bonds is 5. The number of likely N-dealkylation sites (tertiary alicyclic amines) is 1. The highest BCUT2D eigenvalue weighted by molar-refractivity contribution is 7.92. The molecule has 1 atom stereocenters. The fourth-order valence-corrected chi connectivity index (χ4v) is 6.39. The first kappa shape index (κ1) is 24.1. The minimum atomic E-state index is -4.74. The van der Waals surface area contributed by atoms with Crippen molar-refractivity contribution in [1.29, 1.82) is 0 Å². The molecule has 1 aromatic heterocycles. The SMILES string of the molecule is CN1CCC(C2(C)CCN(c3cc(F)c(S(=O)(=O)Nc4cccc(F)n4)c(F)c3Cl)C2)CC1. The molecular formula is C22H26ClF3N4O2S. The first-order valence-corrected chi connectivity index (χ1v) is 12.6. The summed E-state index contributed by atoms with van der Waals surface area (Å²) >= 11 is 6.22. The third-order valence-electron chi connectivity index (χ3n) is 6.87. The van der Waals surface area contributed by atoms with E-state index in [1.807, 2.05) is 9.62 Å². The minimum absolute atomic E-state index is 0.0209. The van der Waals surface area contributed by atoms with Gasteiger partial charge in [0.05, 0.1) is 5.69 Å². The first-order chi connectivity index (χ1) is 15.5. The lowest BCUT2D eigenvalue weighted by atomic mass is 9.72. The van der Waals surface area contributed by atoms with E-state index in [0.29, 0.717) is 19.0 Å². The molecule has 0 spiro atoms. The van der Waals surface area contributed by atoms with Crippen LogP contribution in [0.4, 0.5) is 24.7 Å². The van der Waals surface area contributed by atoms with Gasteiger partial charge in [-0.15, -0.1) is 0 Å². The Bertz CT molecular complexity index is 1160. The van der Waals surface area contributed by atoms with Crippen LogP contribution in [-0.4, -0.2) is 51.5 Å². The summed E-state index contributed by atoms with van der Waals surface area (Å²) < 4.78 is 70.6. The normalized spacial score (nSPS) is 22.7. The minimum Gasteiger partial charge on any atom is -0.370 e. The molecule has 11 heteroatoms. The molecule has 2 saturated heterocycles. The van der Waals surface area contributed by atoms with Crippen LogP contribution in [0.1, 0.15) is 26.2 Å². The molecule has 4 rings (SSSR count). The van der Waals surface area contributed by atoms with Gasteiger partial charge in [0.2, 0.25) is 5.95 Å². The second-order valence-corrected chi connectivity index (χ2v) is 11.2. The molecule has 180 valence electrons. The second kappa shape index (κ2) is 8.96. The van der Waals surface area contributed by atoms with Gasteiger partial charge >= 0.3 is 0 Å². The molecule has 0 amide bonds. The van der Waals surface area contributed by atoms with Crippen molar-refractivity contribution < 1.29 is 21.6 Å². The molecule has 1 aromatic carbocycles. The van der Waals surface area contributed by atoms with E-state index in [1.54, 1.807) is 0 Å². The molecule has 0 saturated carbocycles. The summed E-state index contributed by atoms with van der Waals surface area (Å²) in [6.07, 6.45) is 2.98. The van der Waals surface area contributed by atoms with Crippen molar-refractivity contribution in [2.75, 3.05) is 42.8 Å². The van der Waals surface area contributed by atoms with E-state index < -0.39 is 43.3 Å². The Morgan fingerprint density at radius 2 is 1.88 bits per heavy atom. The van der Waals surface area contributed by atoms with E-state index >= 15 is 4.39 Å². The van der Waals surface area contributed by atoms with Crippen LogP contribution in [0.25, 0.3) is 0 Å². The van der Waals surface area contributed by atoms with Crippen molar-refractivity contribution in [2.45, 2.75) is 31.1 Å². The molecule has 2 aliphatic heterocycles. The van der Waals surface area contributed by atoms with E-state index in [4.69, 9.17) is 11.6 Å². The van der Waals surface area contributed by atoms with Crippen LogP contribution in [0.15, 0.2) is 29.2 Å². The Morgan fingerprint density at radius 1 is 1.18 bits per heavy atom. The molecule has 0 bridgehead atoms. The Balaban J connectivity index is 1.60. The van der Waals surface area contributed by atoms with Crippen molar-refractivity contribution in [3.8, 4) is 0 Å². The van der Waals surface area contributed by atoms with Crippen molar-refractivity contribution in [3.63, 3.8) is 0 Å². The number of nitrogens with zero attached hydrogens (tertiary/aromatic N) is 3. The van der Waals surface area contributed by atoms with Gasteiger partial charge in [-0.1, -0.05) is 24.6 Å². The van der Waals surface area contributed by atoms with E-state index in [-0.39, 0.29) is 11.1 Å². The van der Waals surface area contributed by atoms with Crippen LogP contribution in [0, 0.1) is 28.9 Å². The average molecular weight is 503 g/mol.